The smallest absolute Gasteiger partial charge is 0.460 e. The molecule has 0 saturated carbocycles. The monoisotopic (exact) mass is 2000 g/mol. The summed E-state index contributed by atoms with van der Waals surface area (Å²) in [5.41, 5.74) is 12.6. The van der Waals surface area contributed by atoms with Gasteiger partial charge in [-0.05, 0) is 186 Å². The lowest BCUT2D eigenvalue weighted by molar-refractivity contribution is -0.149. The number of hydrogen-bond donors (Lipinski definition) is 4. The molecular formula is C99H115BBrN7O24S4. The number of aliphatic hydroxyl groups is 2. The van der Waals surface area contributed by atoms with E-state index < -0.39 is 136 Å². The molecule has 1 amide bonds. The number of oxime groups is 4. The second kappa shape index (κ2) is 42.8. The molecule has 1 saturated heterocycles. The minimum atomic E-state index is -3.82. The molecule has 1 fully saturated rings. The van der Waals surface area contributed by atoms with E-state index in [1.807, 2.05) is 228 Å². The standard InChI is InChI=1S/C29H32N2O6S.C27H34BNO7S.C22H27N3O6S.C21H22BrNO5S/c1-28(2,33)26-16-23(14-15-30-26)21-10-12-22(13-11-21)25-17-24(37-31-25)18-29(3,38(4,34)35)27(32)36-19-20-8-6-5-7-9-20;1-25(2)26(3,4)36-28(35-25)21-14-12-20(13-15-21)23-16-22(34-29-23)17-27(5,37(6,31)32)24(30)33-18-19-10-8-7-9-11-19;1-21(2,27)19-11-16(9-10-23-19)14-5-7-15(8-6-14)18-12-17(31-25-18)13-22(3,20(26)24-28)32(4,29)30;1-21(29(2,25)26,20(24)27-14-15-6-4-3-5-7-15)13-18-12-19(23-28-18)16-8-10-17(22)11-9-16/h5-16,24,33H,17-19H2,1-4H3;7-15,22H,16-18H2,1-6H3;5-11,17,27-28H,12-13H2,1-4H3,(H,24,26);3-11,18H,12-14H2,1-2H3/t24-,29-;22-,27-;17-,22-;18-,21-/m1111/s1. The molecule has 37 heteroatoms. The van der Waals surface area contributed by atoms with Crippen molar-refractivity contribution in [1.29, 1.82) is 0 Å². The molecule has 8 atom stereocenters. The van der Waals surface area contributed by atoms with Crippen LogP contribution in [0.25, 0.3) is 22.3 Å². The van der Waals surface area contributed by atoms with E-state index in [1.165, 1.54) is 33.2 Å². The minimum absolute atomic E-state index is 0.00675. The average molecular weight is 2010 g/mol. The van der Waals surface area contributed by atoms with Crippen LogP contribution >= 0.6 is 15.9 Å². The number of nitrogens with one attached hydrogen (secondary N) is 1. The van der Waals surface area contributed by atoms with Crippen molar-refractivity contribution in [1.82, 2.24) is 15.4 Å². The van der Waals surface area contributed by atoms with Crippen LogP contribution < -0.4 is 10.9 Å². The quantitative estimate of drug-likeness (QED) is 0.0103. The van der Waals surface area contributed by atoms with Gasteiger partial charge in [-0.3, -0.25) is 34.4 Å². The Morgan fingerprint density at radius 1 is 0.390 bits per heavy atom. The first-order chi connectivity index (χ1) is 63.6. The highest BCUT2D eigenvalue weighted by Crippen LogP contribution is 2.40. The highest BCUT2D eigenvalue weighted by Gasteiger charge is 2.54. The zero-order valence-electron chi connectivity index (χ0n) is 78.6. The number of hydroxylamine groups is 1. The maximum Gasteiger partial charge on any atom is 0.494 e. The van der Waals surface area contributed by atoms with E-state index in [9.17, 15) is 63.1 Å². The molecule has 136 heavy (non-hydrogen) atoms. The lowest BCUT2D eigenvalue weighted by atomic mass is 9.78. The largest absolute Gasteiger partial charge is 0.494 e. The van der Waals surface area contributed by atoms with E-state index in [-0.39, 0.29) is 45.5 Å². The Kier molecular flexibility index (Phi) is 33.1. The van der Waals surface area contributed by atoms with Crippen molar-refractivity contribution in [3.63, 3.8) is 0 Å². The fourth-order valence-electron chi connectivity index (χ4n) is 14.9. The van der Waals surface area contributed by atoms with Gasteiger partial charge < -0.3 is 53.1 Å². The number of aromatic nitrogens is 2. The molecule has 7 heterocycles. The maximum absolute atomic E-state index is 13.0. The SMILES string of the molecule is CC(C)(O)c1cc(-c2ccc(C3=NO[C@@H](C[C@](C)(C(=O)NO)S(C)(=O)=O)C3)cc2)ccn1.CC(C)(O)c1cc(-c2ccc(C3=NO[C@@H](C[C@](C)(C(=O)OCc4ccccc4)S(C)(=O)=O)C3)cc2)ccn1.CC1(C)OB(c2ccc(C3=NO[C@@H](C[C@](C)(C(=O)OCc4ccccc4)S(C)(=O)=O)C3)cc2)OC1(C)C.C[C@@](C[C@H]1CC(c2ccc(Br)cc2)=NO1)(C(=O)OCc1ccccc1)S(C)(=O)=O. The number of carbonyl (C=O) groups is 4. The Morgan fingerprint density at radius 3 is 0.912 bits per heavy atom. The normalized spacial score (nSPS) is 19.1. The first-order valence-corrected chi connectivity index (χ1v) is 52.1. The summed E-state index contributed by atoms with van der Waals surface area (Å²) in [6.07, 6.45) is 6.17. The average Bonchev–Trinajstić information content (AvgIpc) is 1.64. The Bertz CT molecular complexity index is 6380. The fourth-order valence-corrected chi connectivity index (χ4v) is 18.6. The number of amides is 1. The summed E-state index contributed by atoms with van der Waals surface area (Å²) in [5.74, 6) is -3.41. The van der Waals surface area contributed by atoms with Crippen molar-refractivity contribution >= 4 is 115 Å². The molecule has 5 aliphatic rings. The number of nitrogens with zero attached hydrogens (tertiary/aromatic N) is 6. The van der Waals surface area contributed by atoms with Crippen molar-refractivity contribution in [2.45, 2.75) is 220 Å². The van der Waals surface area contributed by atoms with Crippen LogP contribution in [0.3, 0.4) is 0 Å². The van der Waals surface area contributed by atoms with Crippen LogP contribution in [0.2, 0.25) is 0 Å². The van der Waals surface area contributed by atoms with Gasteiger partial charge in [0.15, 0.2) is 58.3 Å². The van der Waals surface area contributed by atoms with Gasteiger partial charge in [-0.15, -0.1) is 0 Å². The van der Waals surface area contributed by atoms with Crippen LogP contribution in [-0.2, 0) is 132 Å². The van der Waals surface area contributed by atoms with Gasteiger partial charge in [0.1, 0.15) is 55.4 Å². The first kappa shape index (κ1) is 105. The summed E-state index contributed by atoms with van der Waals surface area (Å²) in [4.78, 5) is 81.2. The molecule has 31 nitrogen and oxygen atoms in total. The van der Waals surface area contributed by atoms with Crippen molar-refractivity contribution < 1.29 is 111 Å². The number of benzene rings is 7. The number of ether oxygens (including phenoxy) is 3. The Hall–Kier alpha value is -11.3. The van der Waals surface area contributed by atoms with E-state index >= 15 is 0 Å². The summed E-state index contributed by atoms with van der Waals surface area (Å²) >= 11 is 3.39. The minimum Gasteiger partial charge on any atom is -0.460 e. The summed E-state index contributed by atoms with van der Waals surface area (Å²) < 4.78 is 122. The van der Waals surface area contributed by atoms with Gasteiger partial charge in [0, 0.05) is 93.3 Å². The molecule has 724 valence electrons. The number of pyridine rings is 2. The van der Waals surface area contributed by atoms with Gasteiger partial charge in [-0.1, -0.05) is 212 Å². The summed E-state index contributed by atoms with van der Waals surface area (Å²) in [5, 5.41) is 45.9. The number of hydrogen-bond acceptors (Lipinski definition) is 30. The molecule has 0 bridgehead atoms. The van der Waals surface area contributed by atoms with Crippen molar-refractivity contribution in [2.24, 2.45) is 20.6 Å². The second-order valence-corrected chi connectivity index (χ2v) is 47.9. The molecule has 7 aromatic carbocycles. The van der Waals surface area contributed by atoms with Gasteiger partial charge in [0.25, 0.3) is 5.91 Å². The first-order valence-electron chi connectivity index (χ1n) is 43.7. The fraction of sp³-hybridized carbons (Fsp3) is 0.394. The van der Waals surface area contributed by atoms with E-state index in [1.54, 1.807) is 52.2 Å². The Balaban J connectivity index is 0.000000175. The molecule has 9 aromatic rings. The van der Waals surface area contributed by atoms with Crippen LogP contribution in [0.4, 0.5) is 0 Å². The highest BCUT2D eigenvalue weighted by molar-refractivity contribution is 9.10. The van der Waals surface area contributed by atoms with Gasteiger partial charge in [0.05, 0.1) is 45.4 Å². The second-order valence-electron chi connectivity index (χ2n) is 37.2. The van der Waals surface area contributed by atoms with Gasteiger partial charge >= 0.3 is 25.0 Å². The van der Waals surface area contributed by atoms with Crippen LogP contribution in [0, 0.1) is 0 Å². The summed E-state index contributed by atoms with van der Waals surface area (Å²) in [7, 11) is -15.7. The molecule has 5 aliphatic heterocycles. The number of rotatable bonds is 31. The molecular weight excluding hydrogens is 1890 g/mol. The van der Waals surface area contributed by atoms with E-state index in [0.717, 1.165) is 102 Å². The predicted octanol–water partition coefficient (Wildman–Crippen LogP) is 13.9. The molecule has 0 unspecified atom stereocenters. The third-order valence-electron chi connectivity index (χ3n) is 25.0. The molecule has 14 rings (SSSR count). The zero-order valence-corrected chi connectivity index (χ0v) is 83.5. The molecule has 0 radical (unpaired) electrons. The van der Waals surface area contributed by atoms with E-state index in [2.05, 4.69) is 46.5 Å². The predicted molar refractivity (Wildman–Crippen MR) is 520 cm³/mol. The van der Waals surface area contributed by atoms with Crippen LogP contribution in [0.1, 0.15) is 185 Å². The Morgan fingerprint density at radius 2 is 0.647 bits per heavy atom. The number of carbonyl (C=O) groups excluding carboxylic acids is 4. The van der Waals surface area contributed by atoms with E-state index in [0.29, 0.717) is 54.2 Å². The van der Waals surface area contributed by atoms with Crippen LogP contribution in [0.15, 0.2) is 250 Å². The molecule has 0 spiro atoms. The summed E-state index contributed by atoms with van der Waals surface area (Å²) in [6.45, 7) is 20.2. The number of esters is 3. The summed E-state index contributed by atoms with van der Waals surface area (Å²) in [6, 6.07) is 65.3. The topological polar surface area (TPSA) is 436 Å². The molecule has 2 aromatic heterocycles. The Labute approximate surface area is 803 Å². The number of halogens is 1. The zero-order chi connectivity index (χ0) is 99.4. The van der Waals surface area contributed by atoms with Crippen molar-refractivity contribution in [2.75, 3.05) is 25.0 Å². The van der Waals surface area contributed by atoms with Gasteiger partial charge in [-0.25, -0.2) is 39.2 Å². The number of sulfone groups is 4. The maximum atomic E-state index is 13.0. The lowest BCUT2D eigenvalue weighted by Crippen LogP contribution is -2.51. The highest BCUT2D eigenvalue weighted by atomic mass is 79.9. The van der Waals surface area contributed by atoms with Gasteiger partial charge in [-0.2, -0.15) is 0 Å². The van der Waals surface area contributed by atoms with Crippen LogP contribution in [-0.4, -0.2) is 192 Å². The lowest BCUT2D eigenvalue weighted by Gasteiger charge is -2.32. The van der Waals surface area contributed by atoms with Gasteiger partial charge in [0.2, 0.25) is 0 Å². The van der Waals surface area contributed by atoms with Crippen LogP contribution in [0.5, 0.6) is 0 Å². The van der Waals surface area contributed by atoms with Crippen molar-refractivity contribution in [3.05, 3.63) is 280 Å². The van der Waals surface area contributed by atoms with E-state index in [4.69, 9.17) is 48.1 Å². The molecule has 0 aliphatic carbocycles. The third kappa shape index (κ3) is 26.0. The third-order valence-corrected chi connectivity index (χ3v) is 33.4. The molecule has 4 N–H and O–H groups in total. The van der Waals surface area contributed by atoms with Crippen molar-refractivity contribution in [3.8, 4) is 22.3 Å².